The highest BCUT2D eigenvalue weighted by Gasteiger charge is 2.08. The maximum Gasteiger partial charge on any atom is 0.160 e. The van der Waals surface area contributed by atoms with Gasteiger partial charge >= 0.3 is 0 Å². The Morgan fingerprint density at radius 1 is 1.19 bits per heavy atom. The van der Waals surface area contributed by atoms with Crippen molar-refractivity contribution < 1.29 is 9.84 Å². The fourth-order valence-electron chi connectivity index (χ4n) is 2.17. The van der Waals surface area contributed by atoms with Crippen molar-refractivity contribution in [3.8, 4) is 11.5 Å². The third-order valence-electron chi connectivity index (χ3n) is 3.48. The van der Waals surface area contributed by atoms with Crippen LogP contribution in [0.3, 0.4) is 0 Å². The van der Waals surface area contributed by atoms with Crippen LogP contribution in [0, 0.1) is 0 Å². The molecule has 0 heterocycles. The number of methoxy groups -OCH3 is 1. The van der Waals surface area contributed by atoms with Crippen LogP contribution in [0.4, 0.5) is 0 Å². The predicted octanol–water partition coefficient (Wildman–Crippen LogP) is 3.95. The molecule has 0 spiro atoms. The lowest BCUT2D eigenvalue weighted by Crippen LogP contribution is -2.21. The molecule has 112 valence electrons. The van der Waals surface area contributed by atoms with Crippen molar-refractivity contribution in [2.75, 3.05) is 13.7 Å². The van der Waals surface area contributed by atoms with Crippen molar-refractivity contribution in [2.45, 2.75) is 19.4 Å². The summed E-state index contributed by atoms with van der Waals surface area (Å²) in [5, 5.41) is 13.8. The number of hydrogen-bond acceptors (Lipinski definition) is 3. The zero-order valence-electron chi connectivity index (χ0n) is 12.3. The highest BCUT2D eigenvalue weighted by Crippen LogP contribution is 2.28. The number of rotatable bonds is 6. The normalized spacial score (nSPS) is 12.1. The average Bonchev–Trinajstić information content (AvgIpc) is 2.49. The monoisotopic (exact) mass is 305 g/mol. The van der Waals surface area contributed by atoms with E-state index in [2.05, 4.69) is 12.2 Å². The van der Waals surface area contributed by atoms with E-state index in [1.807, 2.05) is 36.4 Å². The molecule has 0 amide bonds. The van der Waals surface area contributed by atoms with Gasteiger partial charge in [0.05, 0.1) is 7.11 Å². The summed E-state index contributed by atoms with van der Waals surface area (Å²) < 4.78 is 5.13. The number of aromatic hydroxyl groups is 1. The van der Waals surface area contributed by atoms with E-state index >= 15 is 0 Å². The molecule has 0 aliphatic heterocycles. The molecule has 0 saturated carbocycles. The molecule has 1 atom stereocenters. The second kappa shape index (κ2) is 7.34. The first kappa shape index (κ1) is 15.7. The lowest BCUT2D eigenvalue weighted by molar-refractivity contribution is 0.372. The molecule has 0 fully saturated rings. The van der Waals surface area contributed by atoms with Gasteiger partial charge in [-0.15, -0.1) is 0 Å². The third kappa shape index (κ3) is 4.38. The van der Waals surface area contributed by atoms with Crippen molar-refractivity contribution in [2.24, 2.45) is 0 Å². The van der Waals surface area contributed by atoms with Crippen molar-refractivity contribution in [3.63, 3.8) is 0 Å². The Morgan fingerprint density at radius 3 is 2.57 bits per heavy atom. The zero-order valence-corrected chi connectivity index (χ0v) is 13.0. The van der Waals surface area contributed by atoms with Gasteiger partial charge in [0, 0.05) is 11.1 Å². The Labute approximate surface area is 130 Å². The zero-order chi connectivity index (χ0) is 15.2. The van der Waals surface area contributed by atoms with Gasteiger partial charge < -0.3 is 15.2 Å². The molecule has 0 bridgehead atoms. The van der Waals surface area contributed by atoms with Crippen molar-refractivity contribution in [1.29, 1.82) is 0 Å². The van der Waals surface area contributed by atoms with Crippen molar-refractivity contribution in [1.82, 2.24) is 5.32 Å². The van der Waals surface area contributed by atoms with Crippen LogP contribution in [0.15, 0.2) is 42.5 Å². The highest BCUT2D eigenvalue weighted by atomic mass is 35.5. The Hall–Kier alpha value is -1.71. The van der Waals surface area contributed by atoms with Crippen LogP contribution in [-0.4, -0.2) is 18.8 Å². The Morgan fingerprint density at radius 2 is 1.90 bits per heavy atom. The molecule has 0 saturated heterocycles. The smallest absolute Gasteiger partial charge is 0.160 e. The molecule has 2 N–H and O–H groups in total. The molecule has 0 aliphatic rings. The largest absolute Gasteiger partial charge is 0.504 e. The minimum Gasteiger partial charge on any atom is -0.504 e. The van der Waals surface area contributed by atoms with Crippen LogP contribution >= 0.6 is 11.6 Å². The fraction of sp³-hybridized carbons (Fsp3) is 0.294. The average molecular weight is 306 g/mol. The molecule has 2 aromatic carbocycles. The molecular weight excluding hydrogens is 286 g/mol. The number of ether oxygens (including phenoxy) is 1. The molecule has 0 aliphatic carbocycles. The molecule has 2 aromatic rings. The van der Waals surface area contributed by atoms with Gasteiger partial charge in [0.1, 0.15) is 0 Å². The number of halogens is 1. The van der Waals surface area contributed by atoms with Gasteiger partial charge in [0.25, 0.3) is 0 Å². The third-order valence-corrected chi connectivity index (χ3v) is 3.73. The summed E-state index contributed by atoms with van der Waals surface area (Å²) in [5.74, 6) is 0.661. The van der Waals surface area contributed by atoms with Crippen LogP contribution in [0.25, 0.3) is 0 Å². The standard InChI is InChI=1S/C17H20ClNO2/c1-12(14-5-8-16(20)17(11-14)21-2)19-10-9-13-3-6-15(18)7-4-13/h3-8,11-12,19-20H,9-10H2,1-2H3. The summed E-state index contributed by atoms with van der Waals surface area (Å²) in [7, 11) is 1.55. The molecular formula is C17H20ClNO2. The lowest BCUT2D eigenvalue weighted by atomic mass is 10.1. The first-order valence-electron chi connectivity index (χ1n) is 6.95. The summed E-state index contributed by atoms with van der Waals surface area (Å²) >= 11 is 5.87. The van der Waals surface area contributed by atoms with E-state index in [0.29, 0.717) is 5.75 Å². The van der Waals surface area contributed by atoms with E-state index in [-0.39, 0.29) is 11.8 Å². The van der Waals surface area contributed by atoms with Crippen LogP contribution in [0.2, 0.25) is 5.02 Å². The number of benzene rings is 2. The minimum atomic E-state index is 0.162. The molecule has 0 aromatic heterocycles. The summed E-state index contributed by atoms with van der Waals surface area (Å²) in [6.07, 6.45) is 0.941. The van der Waals surface area contributed by atoms with Crippen LogP contribution in [-0.2, 0) is 6.42 Å². The second-order valence-corrected chi connectivity index (χ2v) is 5.42. The van der Waals surface area contributed by atoms with Crippen molar-refractivity contribution >= 4 is 11.6 Å². The predicted molar refractivity (Wildman–Crippen MR) is 86.2 cm³/mol. The van der Waals surface area contributed by atoms with Crippen molar-refractivity contribution in [3.05, 3.63) is 58.6 Å². The van der Waals surface area contributed by atoms with Gasteiger partial charge in [-0.25, -0.2) is 0 Å². The molecule has 2 rings (SSSR count). The second-order valence-electron chi connectivity index (χ2n) is 4.98. The number of hydrogen-bond donors (Lipinski definition) is 2. The van der Waals surface area contributed by atoms with Crippen LogP contribution in [0.5, 0.6) is 11.5 Å². The van der Waals surface area contributed by atoms with E-state index in [4.69, 9.17) is 16.3 Å². The van der Waals surface area contributed by atoms with Gasteiger partial charge in [-0.1, -0.05) is 29.8 Å². The van der Waals surface area contributed by atoms with E-state index in [1.54, 1.807) is 13.2 Å². The van der Waals surface area contributed by atoms with Gasteiger partial charge in [0.2, 0.25) is 0 Å². The SMILES string of the molecule is COc1cc(C(C)NCCc2ccc(Cl)cc2)ccc1O. The quantitative estimate of drug-likeness (QED) is 0.849. The van der Waals surface area contributed by atoms with E-state index in [1.165, 1.54) is 5.56 Å². The Balaban J connectivity index is 1.89. The summed E-state index contributed by atoms with van der Waals surface area (Å²) in [4.78, 5) is 0. The van der Waals surface area contributed by atoms with Gasteiger partial charge in [0.15, 0.2) is 11.5 Å². The van der Waals surface area contributed by atoms with E-state index < -0.39 is 0 Å². The fourth-order valence-corrected chi connectivity index (χ4v) is 2.29. The van der Waals surface area contributed by atoms with Crippen LogP contribution < -0.4 is 10.1 Å². The summed E-state index contributed by atoms with van der Waals surface area (Å²) in [6.45, 7) is 2.96. The molecule has 3 nitrogen and oxygen atoms in total. The minimum absolute atomic E-state index is 0.162. The lowest BCUT2D eigenvalue weighted by Gasteiger charge is -2.15. The molecule has 4 heteroatoms. The highest BCUT2D eigenvalue weighted by molar-refractivity contribution is 6.30. The topological polar surface area (TPSA) is 41.5 Å². The van der Waals surface area contributed by atoms with Crippen LogP contribution in [0.1, 0.15) is 24.1 Å². The van der Waals surface area contributed by atoms with Gasteiger partial charge in [-0.3, -0.25) is 0 Å². The molecule has 1 unspecified atom stereocenters. The van der Waals surface area contributed by atoms with E-state index in [9.17, 15) is 5.11 Å². The molecule has 21 heavy (non-hydrogen) atoms. The van der Waals surface area contributed by atoms with Gasteiger partial charge in [-0.05, 0) is 55.3 Å². The van der Waals surface area contributed by atoms with Gasteiger partial charge in [-0.2, -0.15) is 0 Å². The Kier molecular flexibility index (Phi) is 5.48. The number of phenols is 1. The maximum atomic E-state index is 9.61. The first-order valence-corrected chi connectivity index (χ1v) is 7.32. The summed E-state index contributed by atoms with van der Waals surface area (Å²) in [5.41, 5.74) is 2.34. The number of nitrogens with one attached hydrogen (secondary N) is 1. The summed E-state index contributed by atoms with van der Waals surface area (Å²) in [6, 6.07) is 13.5. The maximum absolute atomic E-state index is 9.61. The first-order chi connectivity index (χ1) is 10.1. The molecule has 0 radical (unpaired) electrons. The Bertz CT molecular complexity index is 584. The van der Waals surface area contributed by atoms with E-state index in [0.717, 1.165) is 23.6 Å². The number of phenolic OH excluding ortho intramolecular Hbond substituents is 1.